The number of nitrogens with zero attached hydrogens (tertiary/aromatic N) is 3. The summed E-state index contributed by atoms with van der Waals surface area (Å²) >= 11 is 0. The Kier molecular flexibility index (Phi) is 4.49. The third-order valence-electron chi connectivity index (χ3n) is 3.00. The fourth-order valence-electron chi connectivity index (χ4n) is 1.84. The molecule has 0 unspecified atom stereocenters. The summed E-state index contributed by atoms with van der Waals surface area (Å²) in [6, 6.07) is 19.5. The lowest BCUT2D eigenvalue weighted by Gasteiger charge is -2.03. The lowest BCUT2D eigenvalue weighted by atomic mass is 10.2. The average molecular weight is 303 g/mol. The van der Waals surface area contributed by atoms with Crippen LogP contribution in [0.3, 0.4) is 0 Å². The predicted molar refractivity (Wildman–Crippen MR) is 86.3 cm³/mol. The monoisotopic (exact) mass is 303 g/mol. The first kappa shape index (κ1) is 14.6. The molecule has 112 valence electrons. The summed E-state index contributed by atoms with van der Waals surface area (Å²) in [6.45, 7) is 0. The van der Waals surface area contributed by atoms with E-state index >= 15 is 0 Å². The molecule has 0 saturated heterocycles. The molecule has 0 atom stereocenters. The zero-order valence-electron chi connectivity index (χ0n) is 12.2. The van der Waals surface area contributed by atoms with Crippen LogP contribution in [0.1, 0.15) is 10.4 Å². The SMILES string of the molecule is O=C(Oc1ccc(N=Nc2ccccc2)cc1)c1ccncc1. The van der Waals surface area contributed by atoms with Crippen molar-refractivity contribution >= 4 is 17.3 Å². The number of benzene rings is 2. The highest BCUT2D eigenvalue weighted by molar-refractivity contribution is 5.90. The fraction of sp³-hybridized carbons (Fsp3) is 0. The first-order chi connectivity index (χ1) is 11.3. The van der Waals surface area contributed by atoms with Crippen molar-refractivity contribution in [2.75, 3.05) is 0 Å². The molecular weight excluding hydrogens is 290 g/mol. The maximum atomic E-state index is 11.9. The summed E-state index contributed by atoms with van der Waals surface area (Å²) in [7, 11) is 0. The molecule has 1 heterocycles. The molecule has 2 aromatic carbocycles. The van der Waals surface area contributed by atoms with Crippen LogP contribution in [0.25, 0.3) is 0 Å². The number of azo groups is 1. The van der Waals surface area contributed by atoms with Gasteiger partial charge in [-0.25, -0.2) is 4.79 Å². The normalized spacial score (nSPS) is 10.6. The number of rotatable bonds is 4. The van der Waals surface area contributed by atoms with E-state index in [-0.39, 0.29) is 0 Å². The molecule has 0 aliphatic heterocycles. The molecule has 0 aliphatic carbocycles. The molecule has 3 aromatic rings. The van der Waals surface area contributed by atoms with Crippen LogP contribution in [0.15, 0.2) is 89.4 Å². The van der Waals surface area contributed by atoms with E-state index in [0.29, 0.717) is 17.0 Å². The topological polar surface area (TPSA) is 63.9 Å². The van der Waals surface area contributed by atoms with Crippen molar-refractivity contribution in [3.63, 3.8) is 0 Å². The van der Waals surface area contributed by atoms with Crippen LogP contribution >= 0.6 is 0 Å². The van der Waals surface area contributed by atoms with Gasteiger partial charge in [0.2, 0.25) is 0 Å². The molecule has 0 aliphatic rings. The summed E-state index contributed by atoms with van der Waals surface area (Å²) in [5, 5.41) is 8.26. The zero-order chi connectivity index (χ0) is 15.9. The van der Waals surface area contributed by atoms with E-state index in [2.05, 4.69) is 15.2 Å². The van der Waals surface area contributed by atoms with Crippen molar-refractivity contribution in [2.45, 2.75) is 0 Å². The highest BCUT2D eigenvalue weighted by Gasteiger charge is 2.07. The molecule has 0 saturated carbocycles. The van der Waals surface area contributed by atoms with Crippen molar-refractivity contribution in [3.8, 4) is 5.75 Å². The van der Waals surface area contributed by atoms with Crippen molar-refractivity contribution in [3.05, 3.63) is 84.7 Å². The Morgan fingerprint density at radius 3 is 2.04 bits per heavy atom. The Balaban J connectivity index is 1.65. The molecule has 0 N–H and O–H groups in total. The highest BCUT2D eigenvalue weighted by Crippen LogP contribution is 2.21. The number of aromatic nitrogens is 1. The second-order valence-corrected chi connectivity index (χ2v) is 4.65. The smallest absolute Gasteiger partial charge is 0.343 e. The van der Waals surface area contributed by atoms with E-state index in [1.165, 1.54) is 0 Å². The number of carbonyl (C=O) groups excluding carboxylic acids is 1. The van der Waals surface area contributed by atoms with E-state index in [4.69, 9.17) is 4.74 Å². The third-order valence-corrected chi connectivity index (χ3v) is 3.00. The van der Waals surface area contributed by atoms with E-state index in [9.17, 15) is 4.79 Å². The van der Waals surface area contributed by atoms with Crippen LogP contribution in [0, 0.1) is 0 Å². The number of hydrogen-bond donors (Lipinski definition) is 0. The zero-order valence-corrected chi connectivity index (χ0v) is 12.2. The number of hydrogen-bond acceptors (Lipinski definition) is 5. The van der Waals surface area contributed by atoms with Gasteiger partial charge in [0.25, 0.3) is 0 Å². The summed E-state index contributed by atoms with van der Waals surface area (Å²) in [4.78, 5) is 15.8. The van der Waals surface area contributed by atoms with Crippen LogP contribution in [-0.2, 0) is 0 Å². The molecule has 5 nitrogen and oxygen atoms in total. The van der Waals surface area contributed by atoms with Crippen LogP contribution in [0.4, 0.5) is 11.4 Å². The second kappa shape index (κ2) is 7.09. The quantitative estimate of drug-likeness (QED) is 0.398. The number of esters is 1. The van der Waals surface area contributed by atoms with E-state index in [1.807, 2.05) is 30.3 Å². The minimum absolute atomic E-state index is 0.425. The molecule has 0 amide bonds. The molecule has 0 bridgehead atoms. The highest BCUT2D eigenvalue weighted by atomic mass is 16.5. The van der Waals surface area contributed by atoms with Crippen LogP contribution in [0.5, 0.6) is 5.75 Å². The van der Waals surface area contributed by atoms with Gasteiger partial charge in [0.15, 0.2) is 0 Å². The molecule has 0 radical (unpaired) electrons. The lowest BCUT2D eigenvalue weighted by molar-refractivity contribution is 0.0734. The van der Waals surface area contributed by atoms with Crippen molar-refractivity contribution in [1.29, 1.82) is 0 Å². The maximum absolute atomic E-state index is 11.9. The van der Waals surface area contributed by atoms with Crippen LogP contribution in [-0.4, -0.2) is 11.0 Å². The van der Waals surface area contributed by atoms with Gasteiger partial charge in [-0.15, -0.1) is 0 Å². The van der Waals surface area contributed by atoms with Gasteiger partial charge in [0, 0.05) is 12.4 Å². The minimum atomic E-state index is -0.425. The van der Waals surface area contributed by atoms with Gasteiger partial charge in [-0.3, -0.25) is 4.98 Å². The third kappa shape index (κ3) is 4.07. The number of pyridine rings is 1. The van der Waals surface area contributed by atoms with Gasteiger partial charge in [-0.1, -0.05) is 18.2 Å². The maximum Gasteiger partial charge on any atom is 0.343 e. The molecule has 1 aromatic heterocycles. The first-order valence-electron chi connectivity index (χ1n) is 7.00. The van der Waals surface area contributed by atoms with E-state index in [1.54, 1.807) is 48.8 Å². The largest absolute Gasteiger partial charge is 0.423 e. The summed E-state index contributed by atoms with van der Waals surface area (Å²) in [5.74, 6) is 0.0246. The summed E-state index contributed by atoms with van der Waals surface area (Å²) in [6.07, 6.45) is 3.09. The van der Waals surface area contributed by atoms with Gasteiger partial charge in [0.05, 0.1) is 16.9 Å². The number of ether oxygens (including phenoxy) is 1. The average Bonchev–Trinajstić information content (AvgIpc) is 2.63. The molecular formula is C18H13N3O2. The van der Waals surface area contributed by atoms with Gasteiger partial charge < -0.3 is 4.74 Å². The van der Waals surface area contributed by atoms with Gasteiger partial charge in [0.1, 0.15) is 5.75 Å². The Morgan fingerprint density at radius 2 is 1.39 bits per heavy atom. The molecule has 5 heteroatoms. The predicted octanol–water partition coefficient (Wildman–Crippen LogP) is 4.72. The molecule has 0 spiro atoms. The van der Waals surface area contributed by atoms with Crippen LogP contribution < -0.4 is 4.74 Å². The van der Waals surface area contributed by atoms with Crippen molar-refractivity contribution in [1.82, 2.24) is 4.98 Å². The van der Waals surface area contributed by atoms with E-state index < -0.39 is 5.97 Å². The standard InChI is InChI=1S/C18H13N3O2/c22-18(14-10-12-19-13-11-14)23-17-8-6-16(7-9-17)21-20-15-4-2-1-3-5-15/h1-13H. The van der Waals surface area contributed by atoms with Crippen molar-refractivity contribution in [2.24, 2.45) is 10.2 Å². The Hall–Kier alpha value is -3.34. The van der Waals surface area contributed by atoms with Crippen LogP contribution in [0.2, 0.25) is 0 Å². The van der Waals surface area contributed by atoms with Gasteiger partial charge >= 0.3 is 5.97 Å². The molecule has 0 fully saturated rings. The minimum Gasteiger partial charge on any atom is -0.423 e. The lowest BCUT2D eigenvalue weighted by Crippen LogP contribution is -2.08. The van der Waals surface area contributed by atoms with E-state index in [0.717, 1.165) is 5.69 Å². The first-order valence-corrected chi connectivity index (χ1v) is 7.00. The van der Waals surface area contributed by atoms with Gasteiger partial charge in [-0.2, -0.15) is 10.2 Å². The molecule has 23 heavy (non-hydrogen) atoms. The Morgan fingerprint density at radius 1 is 0.783 bits per heavy atom. The summed E-state index contributed by atoms with van der Waals surface area (Å²) < 4.78 is 5.28. The van der Waals surface area contributed by atoms with Gasteiger partial charge in [-0.05, 0) is 48.5 Å². The second-order valence-electron chi connectivity index (χ2n) is 4.65. The van der Waals surface area contributed by atoms with Crippen molar-refractivity contribution < 1.29 is 9.53 Å². The Labute approximate surface area is 133 Å². The number of carbonyl (C=O) groups is 1. The fourth-order valence-corrected chi connectivity index (χ4v) is 1.84. The molecule has 3 rings (SSSR count). The summed E-state index contributed by atoms with van der Waals surface area (Å²) in [5.41, 5.74) is 1.91. The Bertz CT molecular complexity index is 801.